The van der Waals surface area contributed by atoms with Crippen molar-refractivity contribution in [1.29, 1.82) is 0 Å². The highest BCUT2D eigenvalue weighted by Gasteiger charge is 2.18. The fraction of sp³-hybridized carbons (Fsp3) is 0.500. The van der Waals surface area contributed by atoms with Gasteiger partial charge in [0, 0.05) is 30.1 Å². The summed E-state index contributed by atoms with van der Waals surface area (Å²) in [5.74, 6) is 0.510. The highest BCUT2D eigenvalue weighted by atomic mass is 35.5. The molecule has 10 heavy (non-hydrogen) atoms. The average molecular weight is 184 g/mol. The summed E-state index contributed by atoms with van der Waals surface area (Å²) in [7, 11) is 1.53. The maximum absolute atomic E-state index is 5.60. The molecule has 0 saturated carbocycles. The maximum atomic E-state index is 5.60. The highest BCUT2D eigenvalue weighted by Crippen LogP contribution is 2.15. The molecule has 0 aromatic carbocycles. The normalized spacial score (nSPS) is 20.7. The third-order valence-corrected chi connectivity index (χ3v) is 1.71. The number of methoxy groups -OCH3 is 1. The topological polar surface area (TPSA) is 27.7 Å². The van der Waals surface area contributed by atoms with E-state index in [0.29, 0.717) is 12.4 Å². The van der Waals surface area contributed by atoms with Crippen molar-refractivity contribution >= 4 is 23.6 Å². The van der Waals surface area contributed by atoms with Gasteiger partial charge in [-0.25, -0.2) is 5.43 Å². The molecule has 1 heterocycles. The van der Waals surface area contributed by atoms with Crippen LogP contribution in [0.25, 0.3) is 0 Å². The van der Waals surface area contributed by atoms with Gasteiger partial charge in [-0.1, -0.05) is 0 Å². The Balaban J connectivity index is 2.62. The molecule has 1 aliphatic rings. The first kappa shape index (κ1) is 7.94. The van der Waals surface area contributed by atoms with Gasteiger partial charge >= 0.3 is 0 Å². The van der Waals surface area contributed by atoms with Crippen molar-refractivity contribution in [3.63, 3.8) is 0 Å². The maximum Gasteiger partial charge on any atom is 0.219 e. The van der Waals surface area contributed by atoms with Crippen molar-refractivity contribution in [3.05, 3.63) is 12.0 Å². The van der Waals surface area contributed by atoms with E-state index in [1.165, 1.54) is 7.11 Å². The van der Waals surface area contributed by atoms with Gasteiger partial charge in [-0.15, -0.1) is 0 Å². The lowest BCUT2D eigenvalue weighted by Gasteiger charge is -2.28. The largest absolute Gasteiger partial charge is 0.481 e. The first-order chi connectivity index (χ1) is 4.75. The Kier molecular flexibility index (Phi) is 2.62. The Morgan fingerprint density at radius 3 is 2.90 bits per heavy atom. The van der Waals surface area contributed by atoms with Gasteiger partial charge in [-0.05, 0) is 10.7 Å². The molecule has 0 radical (unpaired) electrons. The zero-order valence-corrected chi connectivity index (χ0v) is 6.85. The van der Waals surface area contributed by atoms with Crippen LogP contribution < -0.4 is 5.43 Å². The minimum absolute atomic E-state index is 0.510. The van der Waals surface area contributed by atoms with E-state index < -0.39 is 0 Å². The third kappa shape index (κ3) is 1.46. The van der Waals surface area contributed by atoms with E-state index >= 15 is 0 Å². The van der Waals surface area contributed by atoms with Crippen LogP contribution in [-0.4, -0.2) is 22.8 Å². The number of ether oxygens (including phenoxy) is 1. The molecular formula is C4H7Cl2N3O. The molecule has 58 valence electrons. The molecule has 0 saturated heterocycles. The van der Waals surface area contributed by atoms with Gasteiger partial charge in [-0.2, -0.15) is 4.53 Å². The van der Waals surface area contributed by atoms with Crippen molar-refractivity contribution in [2.75, 3.05) is 13.7 Å². The first-order valence-corrected chi connectivity index (χ1v) is 3.32. The predicted octanol–water partition coefficient (Wildman–Crippen LogP) is 0.819. The molecule has 0 fully saturated rings. The molecule has 0 unspecified atom stereocenters. The minimum Gasteiger partial charge on any atom is -0.481 e. The number of nitrogens with one attached hydrogen (secondary N) is 1. The van der Waals surface area contributed by atoms with Crippen molar-refractivity contribution in [1.82, 2.24) is 14.6 Å². The predicted molar refractivity (Wildman–Crippen MR) is 38.5 cm³/mol. The van der Waals surface area contributed by atoms with Crippen LogP contribution in [0.15, 0.2) is 12.0 Å². The van der Waals surface area contributed by atoms with Gasteiger partial charge in [0.2, 0.25) is 5.88 Å². The molecule has 0 aromatic heterocycles. The lowest BCUT2D eigenvalue weighted by Crippen LogP contribution is -2.43. The van der Waals surface area contributed by atoms with Crippen molar-refractivity contribution < 1.29 is 4.74 Å². The lowest BCUT2D eigenvalue weighted by molar-refractivity contribution is 0.0598. The van der Waals surface area contributed by atoms with E-state index in [1.54, 1.807) is 6.08 Å². The van der Waals surface area contributed by atoms with Gasteiger partial charge < -0.3 is 4.74 Å². The Bertz CT molecular complexity index is 151. The number of halogens is 2. The Morgan fingerprint density at radius 1 is 1.70 bits per heavy atom. The smallest absolute Gasteiger partial charge is 0.219 e. The summed E-state index contributed by atoms with van der Waals surface area (Å²) in [5, 5.41) is 0. The summed E-state index contributed by atoms with van der Waals surface area (Å²) in [6, 6.07) is 0. The zero-order valence-electron chi connectivity index (χ0n) is 5.34. The van der Waals surface area contributed by atoms with Crippen LogP contribution in [0, 0.1) is 0 Å². The van der Waals surface area contributed by atoms with E-state index in [4.69, 9.17) is 28.3 Å². The molecule has 4 nitrogen and oxygen atoms in total. The molecule has 0 aliphatic carbocycles. The van der Waals surface area contributed by atoms with Crippen molar-refractivity contribution in [2.45, 2.75) is 0 Å². The minimum atomic E-state index is 0.510. The zero-order chi connectivity index (χ0) is 7.56. The third-order valence-electron chi connectivity index (χ3n) is 1.04. The number of hydrogen-bond acceptors (Lipinski definition) is 4. The first-order valence-electron chi connectivity index (χ1n) is 2.65. The van der Waals surface area contributed by atoms with E-state index in [0.717, 1.165) is 9.16 Å². The lowest BCUT2D eigenvalue weighted by atomic mass is 10.6. The van der Waals surface area contributed by atoms with Gasteiger partial charge in [0.15, 0.2) is 0 Å². The summed E-state index contributed by atoms with van der Waals surface area (Å²) in [5.41, 5.74) is 2.73. The van der Waals surface area contributed by atoms with E-state index in [-0.39, 0.29) is 0 Å². The highest BCUT2D eigenvalue weighted by molar-refractivity contribution is 6.19. The molecule has 0 amide bonds. The number of nitrogens with zero attached hydrogens (tertiary/aromatic N) is 2. The summed E-state index contributed by atoms with van der Waals surface area (Å²) >= 11 is 11.1. The Hall–Kier alpha value is -0.160. The number of hydrogen-bond donors (Lipinski definition) is 1. The molecule has 1 aliphatic heterocycles. The van der Waals surface area contributed by atoms with E-state index in [9.17, 15) is 0 Å². The van der Waals surface area contributed by atoms with Crippen LogP contribution >= 0.6 is 23.6 Å². The standard InChI is InChI=1S/C4H7Cl2N3O/c1-10-4-2-3-7-9(6)8(4)5/h2,7H,3H2,1H3. The second-order valence-electron chi connectivity index (χ2n) is 1.63. The molecule has 0 spiro atoms. The molecule has 0 atom stereocenters. The van der Waals surface area contributed by atoms with Gasteiger partial charge in [0.1, 0.15) is 0 Å². The van der Waals surface area contributed by atoms with Crippen LogP contribution in [0.1, 0.15) is 0 Å². The van der Waals surface area contributed by atoms with Gasteiger partial charge in [0.25, 0.3) is 0 Å². The fourth-order valence-corrected chi connectivity index (χ4v) is 0.926. The summed E-state index contributed by atoms with van der Waals surface area (Å²) < 4.78 is 7.10. The molecule has 1 rings (SSSR count). The second kappa shape index (κ2) is 3.30. The quantitative estimate of drug-likeness (QED) is 0.610. The van der Waals surface area contributed by atoms with Crippen LogP contribution in [0.4, 0.5) is 0 Å². The van der Waals surface area contributed by atoms with Gasteiger partial charge in [-0.3, -0.25) is 0 Å². The van der Waals surface area contributed by atoms with E-state index in [2.05, 4.69) is 5.43 Å². The number of rotatable bonds is 1. The molecule has 1 N–H and O–H groups in total. The summed E-state index contributed by atoms with van der Waals surface area (Å²) in [6.07, 6.45) is 1.77. The molecule has 0 aromatic rings. The Labute approximate surface area is 69.1 Å². The fourth-order valence-electron chi connectivity index (χ4n) is 0.591. The number of hydrazine groups is 2. The van der Waals surface area contributed by atoms with E-state index in [1.807, 2.05) is 0 Å². The van der Waals surface area contributed by atoms with Crippen LogP contribution in [0.2, 0.25) is 0 Å². The van der Waals surface area contributed by atoms with Crippen LogP contribution in [0.3, 0.4) is 0 Å². The average Bonchev–Trinajstić information content (AvgIpc) is 1.95. The molecule has 6 heteroatoms. The van der Waals surface area contributed by atoms with Crippen molar-refractivity contribution in [3.8, 4) is 0 Å². The molecule has 0 bridgehead atoms. The summed E-state index contributed by atoms with van der Waals surface area (Å²) in [6.45, 7) is 0.607. The Morgan fingerprint density at radius 2 is 2.40 bits per heavy atom. The monoisotopic (exact) mass is 183 g/mol. The summed E-state index contributed by atoms with van der Waals surface area (Å²) in [4.78, 5) is 0. The SMILES string of the molecule is COC1=CCNN(Cl)N1Cl. The van der Waals surface area contributed by atoms with Crippen LogP contribution in [0.5, 0.6) is 0 Å². The second-order valence-corrected chi connectivity index (χ2v) is 2.27. The molecular weight excluding hydrogens is 177 g/mol. The van der Waals surface area contributed by atoms with Crippen molar-refractivity contribution in [2.24, 2.45) is 0 Å². The van der Waals surface area contributed by atoms with Gasteiger partial charge in [0.05, 0.1) is 7.11 Å². The van der Waals surface area contributed by atoms with Crippen LogP contribution in [-0.2, 0) is 4.74 Å².